The van der Waals surface area contributed by atoms with Gasteiger partial charge in [-0.25, -0.2) is 5.10 Å². The number of fused-ring (bicyclic) bond motifs is 1. The molecule has 2 aromatic carbocycles. The second-order valence-electron chi connectivity index (χ2n) is 6.35. The molecule has 1 heterocycles. The predicted molar refractivity (Wildman–Crippen MR) is 114 cm³/mol. The van der Waals surface area contributed by atoms with Gasteiger partial charge in [-0.3, -0.25) is 14.4 Å². The molecule has 0 saturated heterocycles. The molecular weight excluding hydrogens is 415 g/mol. The molecule has 0 radical (unpaired) electrons. The van der Waals surface area contributed by atoms with Crippen molar-refractivity contribution in [1.82, 2.24) is 15.1 Å². The summed E-state index contributed by atoms with van der Waals surface area (Å²) in [5.74, 6) is -0.860. The molecule has 0 unspecified atom stereocenters. The minimum atomic E-state index is -0.448. The number of aromatic amines is 1. The first kappa shape index (κ1) is 20.8. The third-order valence-electron chi connectivity index (χ3n) is 4.22. The lowest BCUT2D eigenvalue weighted by molar-refractivity contribution is -0.116. The Kier molecular flexibility index (Phi) is 6.51. The van der Waals surface area contributed by atoms with E-state index in [2.05, 4.69) is 15.5 Å². The second kappa shape index (κ2) is 9.07. The van der Waals surface area contributed by atoms with Gasteiger partial charge < -0.3 is 10.2 Å². The Morgan fingerprint density at radius 2 is 1.86 bits per heavy atom. The van der Waals surface area contributed by atoms with Crippen LogP contribution in [0.25, 0.3) is 10.8 Å². The van der Waals surface area contributed by atoms with Crippen LogP contribution in [-0.2, 0) is 4.79 Å². The van der Waals surface area contributed by atoms with Crippen LogP contribution >= 0.6 is 23.2 Å². The van der Waals surface area contributed by atoms with Gasteiger partial charge in [0, 0.05) is 17.0 Å². The molecule has 3 aromatic rings. The van der Waals surface area contributed by atoms with E-state index in [9.17, 15) is 14.4 Å². The molecule has 0 saturated carbocycles. The molecule has 29 heavy (non-hydrogen) atoms. The van der Waals surface area contributed by atoms with Crippen molar-refractivity contribution in [2.75, 3.05) is 18.4 Å². The Labute approximate surface area is 176 Å². The van der Waals surface area contributed by atoms with E-state index in [1.54, 1.807) is 36.4 Å². The molecule has 0 aliphatic heterocycles. The maximum Gasteiger partial charge on any atom is 0.275 e. The van der Waals surface area contributed by atoms with E-state index in [4.69, 9.17) is 23.2 Å². The maximum atomic E-state index is 13.1. The summed E-state index contributed by atoms with van der Waals surface area (Å²) in [6.07, 6.45) is 0.641. The van der Waals surface area contributed by atoms with Crippen molar-refractivity contribution in [3.05, 3.63) is 68.6 Å². The predicted octanol–water partition coefficient (Wildman–Crippen LogP) is 3.72. The Morgan fingerprint density at radius 1 is 1.14 bits per heavy atom. The zero-order chi connectivity index (χ0) is 21.0. The third kappa shape index (κ3) is 4.75. The summed E-state index contributed by atoms with van der Waals surface area (Å²) in [6, 6.07) is 11.4. The molecule has 1 aromatic heterocycles. The molecule has 7 nitrogen and oxygen atoms in total. The summed E-state index contributed by atoms with van der Waals surface area (Å²) in [7, 11) is 0. The average molecular weight is 433 g/mol. The Morgan fingerprint density at radius 3 is 2.55 bits per heavy atom. The molecule has 0 aliphatic carbocycles. The van der Waals surface area contributed by atoms with E-state index in [0.717, 1.165) is 0 Å². The number of benzene rings is 2. The Bertz CT molecular complexity index is 1130. The van der Waals surface area contributed by atoms with E-state index in [1.807, 2.05) is 6.92 Å². The van der Waals surface area contributed by atoms with E-state index in [0.29, 0.717) is 39.5 Å². The number of halogens is 2. The number of anilines is 1. The van der Waals surface area contributed by atoms with Gasteiger partial charge in [0.15, 0.2) is 5.69 Å². The van der Waals surface area contributed by atoms with Crippen LogP contribution in [0.5, 0.6) is 0 Å². The quantitative estimate of drug-likeness (QED) is 0.620. The first-order valence-corrected chi connectivity index (χ1v) is 9.68. The molecule has 0 fully saturated rings. The number of carbonyl (C=O) groups is 2. The molecule has 2 amide bonds. The van der Waals surface area contributed by atoms with Crippen molar-refractivity contribution in [2.24, 2.45) is 0 Å². The molecule has 0 atom stereocenters. The lowest BCUT2D eigenvalue weighted by Crippen LogP contribution is -2.39. The molecule has 3 rings (SSSR count). The van der Waals surface area contributed by atoms with Gasteiger partial charge in [0.25, 0.3) is 11.5 Å². The molecular formula is C20H18Cl2N4O3. The molecule has 0 bridgehead atoms. The van der Waals surface area contributed by atoms with Gasteiger partial charge in [-0.2, -0.15) is 5.10 Å². The lowest BCUT2D eigenvalue weighted by atomic mass is 10.1. The van der Waals surface area contributed by atoms with Crippen molar-refractivity contribution in [3.8, 4) is 0 Å². The number of hydrogen-bond acceptors (Lipinski definition) is 4. The van der Waals surface area contributed by atoms with Crippen LogP contribution in [0.4, 0.5) is 5.69 Å². The standard InChI is InChI=1S/C20H18Cl2N4O3/c1-2-9-26(11-17(27)23-16-8-7-12(21)10-15(16)22)20(29)18-13-5-3-4-6-14(13)19(28)25-24-18/h3-8,10H,2,9,11H2,1H3,(H,23,27)(H,25,28). The molecule has 0 aliphatic rings. The van der Waals surface area contributed by atoms with Gasteiger partial charge in [0.1, 0.15) is 6.54 Å². The normalized spacial score (nSPS) is 10.7. The minimum absolute atomic E-state index is 0.0889. The van der Waals surface area contributed by atoms with E-state index in [1.165, 1.54) is 11.0 Å². The van der Waals surface area contributed by atoms with Crippen LogP contribution in [-0.4, -0.2) is 40.0 Å². The van der Waals surface area contributed by atoms with E-state index < -0.39 is 11.8 Å². The smallest absolute Gasteiger partial charge is 0.275 e. The van der Waals surface area contributed by atoms with Crippen molar-refractivity contribution >= 4 is 51.5 Å². The van der Waals surface area contributed by atoms with Crippen molar-refractivity contribution < 1.29 is 9.59 Å². The van der Waals surface area contributed by atoms with Crippen molar-refractivity contribution in [2.45, 2.75) is 13.3 Å². The lowest BCUT2D eigenvalue weighted by Gasteiger charge is -2.21. The Balaban J connectivity index is 1.84. The van der Waals surface area contributed by atoms with Gasteiger partial charge in [-0.05, 0) is 30.7 Å². The molecule has 150 valence electrons. The minimum Gasteiger partial charge on any atom is -0.328 e. The number of nitrogens with zero attached hydrogens (tertiary/aromatic N) is 2. The first-order valence-electron chi connectivity index (χ1n) is 8.92. The number of H-pyrrole nitrogens is 1. The zero-order valence-electron chi connectivity index (χ0n) is 15.5. The summed E-state index contributed by atoms with van der Waals surface area (Å²) >= 11 is 12.0. The van der Waals surface area contributed by atoms with Gasteiger partial charge in [0.05, 0.1) is 16.1 Å². The number of amides is 2. The van der Waals surface area contributed by atoms with Crippen LogP contribution in [0.1, 0.15) is 23.8 Å². The third-order valence-corrected chi connectivity index (χ3v) is 4.77. The maximum absolute atomic E-state index is 13.1. The van der Waals surface area contributed by atoms with E-state index >= 15 is 0 Å². The van der Waals surface area contributed by atoms with Crippen LogP contribution in [0.3, 0.4) is 0 Å². The van der Waals surface area contributed by atoms with Gasteiger partial charge >= 0.3 is 0 Å². The summed E-state index contributed by atoms with van der Waals surface area (Å²) in [5, 5.41) is 10.5. The fourth-order valence-electron chi connectivity index (χ4n) is 2.90. The summed E-state index contributed by atoms with van der Waals surface area (Å²) < 4.78 is 0. The molecule has 0 spiro atoms. The fraction of sp³-hybridized carbons (Fsp3) is 0.200. The largest absolute Gasteiger partial charge is 0.328 e. The number of rotatable bonds is 6. The molecule has 9 heteroatoms. The van der Waals surface area contributed by atoms with Gasteiger partial charge in [0.2, 0.25) is 5.91 Å². The highest BCUT2D eigenvalue weighted by atomic mass is 35.5. The van der Waals surface area contributed by atoms with Crippen LogP contribution < -0.4 is 10.9 Å². The topological polar surface area (TPSA) is 95.2 Å². The highest BCUT2D eigenvalue weighted by Crippen LogP contribution is 2.25. The summed E-state index contributed by atoms with van der Waals surface area (Å²) in [4.78, 5) is 38.9. The number of aromatic nitrogens is 2. The van der Waals surface area contributed by atoms with Crippen LogP contribution in [0.15, 0.2) is 47.3 Å². The number of nitrogens with one attached hydrogen (secondary N) is 2. The highest BCUT2D eigenvalue weighted by molar-refractivity contribution is 6.36. The highest BCUT2D eigenvalue weighted by Gasteiger charge is 2.22. The van der Waals surface area contributed by atoms with Gasteiger partial charge in [-0.1, -0.05) is 48.3 Å². The SMILES string of the molecule is CCCN(CC(=O)Nc1ccc(Cl)cc1Cl)C(=O)c1n[nH]c(=O)c2ccccc12. The monoisotopic (exact) mass is 432 g/mol. The number of carbonyl (C=O) groups excluding carboxylic acids is 2. The van der Waals surface area contributed by atoms with Crippen molar-refractivity contribution in [3.63, 3.8) is 0 Å². The fourth-order valence-corrected chi connectivity index (χ4v) is 3.36. The van der Waals surface area contributed by atoms with Gasteiger partial charge in [-0.15, -0.1) is 0 Å². The second-order valence-corrected chi connectivity index (χ2v) is 7.19. The average Bonchev–Trinajstić information content (AvgIpc) is 2.70. The van der Waals surface area contributed by atoms with E-state index in [-0.39, 0.29) is 17.8 Å². The first-order chi connectivity index (χ1) is 13.9. The van der Waals surface area contributed by atoms with Crippen molar-refractivity contribution in [1.29, 1.82) is 0 Å². The van der Waals surface area contributed by atoms with Crippen LogP contribution in [0.2, 0.25) is 10.0 Å². The summed E-state index contributed by atoms with van der Waals surface area (Å²) in [6.45, 7) is 2.04. The number of hydrogen-bond donors (Lipinski definition) is 2. The van der Waals surface area contributed by atoms with Crippen LogP contribution in [0, 0.1) is 0 Å². The Hall–Kier alpha value is -2.90. The zero-order valence-corrected chi connectivity index (χ0v) is 17.0. The molecule has 2 N–H and O–H groups in total. The summed E-state index contributed by atoms with van der Waals surface area (Å²) in [5.41, 5.74) is 0.109.